The van der Waals surface area contributed by atoms with Crippen molar-refractivity contribution in [1.82, 2.24) is 10.6 Å². The third kappa shape index (κ3) is 8.64. The predicted molar refractivity (Wildman–Crippen MR) is 233 cm³/mol. The summed E-state index contributed by atoms with van der Waals surface area (Å²) < 4.78 is 36.3. The van der Waals surface area contributed by atoms with Gasteiger partial charge in [0.1, 0.15) is 41.7 Å². The molecule has 66 heavy (non-hydrogen) atoms. The lowest BCUT2D eigenvalue weighted by molar-refractivity contribution is -0.346. The summed E-state index contributed by atoms with van der Waals surface area (Å²) in [6, 6.07) is 14.8. The van der Waals surface area contributed by atoms with Crippen LogP contribution in [0, 0.1) is 22.7 Å². The van der Waals surface area contributed by atoms with Gasteiger partial charge in [-0.3, -0.25) is 14.4 Å². The molecule has 5 N–H and O–H groups in total. The molecule has 358 valence electrons. The Kier molecular flexibility index (Phi) is 13.4. The lowest BCUT2D eigenvalue weighted by Crippen LogP contribution is -2.81. The molecule has 2 heterocycles. The second kappa shape index (κ2) is 18.1. The molecule has 11 atom stereocenters. The number of rotatable bonds is 10. The number of carbonyl (C=O) groups is 6. The summed E-state index contributed by atoms with van der Waals surface area (Å²) in [5, 5.41) is 44.0. The Labute approximate surface area is 383 Å². The number of ketones is 1. The number of carbonyl (C=O) groups excluding carboxylic acids is 6. The van der Waals surface area contributed by atoms with Crippen LogP contribution in [0.1, 0.15) is 103 Å². The summed E-state index contributed by atoms with van der Waals surface area (Å²) in [7, 11) is 0. The fourth-order valence-corrected chi connectivity index (χ4v) is 10.9. The fourth-order valence-electron chi connectivity index (χ4n) is 10.9. The Hall–Kier alpha value is -5.20. The summed E-state index contributed by atoms with van der Waals surface area (Å²) in [5.74, 6) is -6.66. The van der Waals surface area contributed by atoms with Crippen molar-refractivity contribution in [1.29, 1.82) is 0 Å². The number of hydrogen-bond donors (Lipinski definition) is 5. The van der Waals surface area contributed by atoms with Gasteiger partial charge in [-0.05, 0) is 89.4 Å². The molecule has 0 aromatic heterocycles. The number of esters is 4. The number of nitrogens with one attached hydrogen (secondary N) is 2. The monoisotopic (exact) mass is 918 g/mol. The maximum atomic E-state index is 15.2. The zero-order chi connectivity index (χ0) is 48.1. The zero-order valence-corrected chi connectivity index (χ0v) is 38.7. The van der Waals surface area contributed by atoms with Crippen LogP contribution in [-0.2, 0) is 47.6 Å². The topological polar surface area (TPSA) is 243 Å². The maximum absolute atomic E-state index is 15.2. The quantitative estimate of drug-likeness (QED) is 0.129. The molecule has 2 saturated heterocycles. The third-order valence-corrected chi connectivity index (χ3v) is 14.5. The maximum Gasteiger partial charge on any atom is 0.408 e. The van der Waals surface area contributed by atoms with Crippen molar-refractivity contribution in [2.75, 3.05) is 19.7 Å². The molecule has 2 saturated carbocycles. The number of benzene rings is 2. The van der Waals surface area contributed by atoms with Crippen LogP contribution in [0.25, 0.3) is 0 Å². The van der Waals surface area contributed by atoms with Gasteiger partial charge in [-0.25, -0.2) is 14.4 Å². The van der Waals surface area contributed by atoms with E-state index in [1.165, 1.54) is 26.0 Å². The van der Waals surface area contributed by atoms with E-state index in [0.29, 0.717) is 31.5 Å². The summed E-state index contributed by atoms with van der Waals surface area (Å²) >= 11 is 0. The van der Waals surface area contributed by atoms with Crippen molar-refractivity contribution in [2.24, 2.45) is 22.7 Å². The number of fused-ring (bicyclic) bond motifs is 5. The van der Waals surface area contributed by atoms with Crippen molar-refractivity contribution in [2.45, 2.75) is 141 Å². The van der Waals surface area contributed by atoms with E-state index < -0.39 is 124 Å². The van der Waals surface area contributed by atoms with Crippen LogP contribution in [0.5, 0.6) is 0 Å². The van der Waals surface area contributed by atoms with Crippen LogP contribution in [0.15, 0.2) is 71.8 Å². The third-order valence-electron chi connectivity index (χ3n) is 14.5. The number of piperidine rings is 1. The predicted octanol–water partition coefficient (Wildman–Crippen LogP) is 3.81. The lowest BCUT2D eigenvalue weighted by Gasteiger charge is -2.67. The Bertz CT molecular complexity index is 2240. The molecule has 0 radical (unpaired) electrons. The van der Waals surface area contributed by atoms with Crippen LogP contribution in [0.4, 0.5) is 4.79 Å². The lowest BCUT2D eigenvalue weighted by atomic mass is 9.44. The number of aliphatic hydroxyl groups is 3. The molecule has 4 fully saturated rings. The molecule has 17 heteroatoms. The molecular formula is C49H62N2O15. The van der Waals surface area contributed by atoms with Gasteiger partial charge < -0.3 is 54.4 Å². The fraction of sp³-hybridized carbons (Fsp3) is 0.592. The number of Topliss-reactive ketones (excluding diaryl/α,β-unsaturated/α-hetero) is 1. The molecule has 1 amide bonds. The van der Waals surface area contributed by atoms with E-state index in [2.05, 4.69) is 10.6 Å². The molecule has 3 aliphatic carbocycles. The molecule has 0 unspecified atom stereocenters. The van der Waals surface area contributed by atoms with Gasteiger partial charge in [0.25, 0.3) is 0 Å². The number of ether oxygens (including phenoxy) is 6. The van der Waals surface area contributed by atoms with Crippen molar-refractivity contribution in [3.63, 3.8) is 0 Å². The smallest absolute Gasteiger partial charge is 0.408 e. The van der Waals surface area contributed by atoms with Crippen LogP contribution >= 0.6 is 0 Å². The molecular weight excluding hydrogens is 857 g/mol. The SMILES string of the molecule is CC(=O)O[C@@]12CO[C@@H]1C[C@H](O)[C@@]1(C)C(=O)[C@H](O)C3=C(C)[C@@H](OC(=O)[C@H](OC(=O)C4CCNCC4)[C@@H](NC(=O)OC(C)(C)C)c4ccccc4)C[C@@](O)([C@@H](OC(=O)c4ccccc4)[C@H]21)C3(C)C. The number of amides is 1. The van der Waals surface area contributed by atoms with Crippen LogP contribution < -0.4 is 10.6 Å². The van der Waals surface area contributed by atoms with Crippen LogP contribution in [-0.4, -0.2) is 124 Å². The zero-order valence-electron chi connectivity index (χ0n) is 38.7. The van der Waals surface area contributed by atoms with E-state index in [-0.39, 0.29) is 29.7 Å². The van der Waals surface area contributed by atoms with Crippen LogP contribution in [0.3, 0.4) is 0 Å². The van der Waals surface area contributed by atoms with Crippen molar-refractivity contribution >= 4 is 35.8 Å². The first-order chi connectivity index (χ1) is 31.0. The van der Waals surface area contributed by atoms with E-state index in [1.54, 1.807) is 83.1 Å². The first-order valence-corrected chi connectivity index (χ1v) is 22.5. The van der Waals surface area contributed by atoms with Crippen molar-refractivity contribution in [3.05, 3.63) is 82.9 Å². The van der Waals surface area contributed by atoms with E-state index in [1.807, 2.05) is 0 Å². The highest BCUT2D eigenvalue weighted by atomic mass is 16.6. The van der Waals surface area contributed by atoms with Gasteiger partial charge in [0.15, 0.2) is 11.4 Å². The number of hydrogen-bond acceptors (Lipinski definition) is 16. The second-order valence-corrected chi connectivity index (χ2v) is 20.0. The van der Waals surface area contributed by atoms with Gasteiger partial charge in [-0.15, -0.1) is 0 Å². The molecule has 5 aliphatic rings. The van der Waals surface area contributed by atoms with Gasteiger partial charge in [-0.1, -0.05) is 62.4 Å². The molecule has 2 aromatic carbocycles. The first kappa shape index (κ1) is 48.7. The minimum atomic E-state index is -2.40. The average molecular weight is 919 g/mol. The summed E-state index contributed by atoms with van der Waals surface area (Å²) in [6.45, 7) is 12.9. The number of aliphatic hydroxyl groups excluding tert-OH is 2. The molecule has 2 aromatic rings. The van der Waals surface area contributed by atoms with Crippen molar-refractivity contribution < 1.29 is 72.5 Å². The largest absolute Gasteiger partial charge is 0.455 e. The highest BCUT2D eigenvalue weighted by Gasteiger charge is 2.78. The molecule has 2 aliphatic heterocycles. The minimum Gasteiger partial charge on any atom is -0.455 e. The Morgan fingerprint density at radius 3 is 2.12 bits per heavy atom. The van der Waals surface area contributed by atoms with E-state index >= 15 is 9.59 Å². The average Bonchev–Trinajstić information content (AvgIpc) is 3.26. The van der Waals surface area contributed by atoms with Crippen molar-refractivity contribution in [3.8, 4) is 0 Å². The van der Waals surface area contributed by atoms with Crippen LogP contribution in [0.2, 0.25) is 0 Å². The molecule has 17 nitrogen and oxygen atoms in total. The Balaban J connectivity index is 1.38. The standard InChI is InChI=1S/C49H62N2O15/c1-26-31(62-43(58)37(63-41(56)30-19-21-50-22-20-30)35(28-15-11-9-12-16-28)51-44(59)66-45(3,4)5)24-49(60)40(64-42(57)29-17-13-10-14-18-29)38-47(8,39(55)36(54)34(26)46(49,6)7)32(53)23-33-48(38,25-61-33)65-27(2)52/h9-18,30-33,35-38,40,50,53-54,60H,19-25H2,1-8H3,(H,51,59)/t31-,32-,33+,35-,36+,37+,38-,40-,47+,48-,49+/m0/s1. The van der Waals surface area contributed by atoms with Gasteiger partial charge in [-0.2, -0.15) is 0 Å². The normalized spacial score (nSPS) is 32.6. The highest BCUT2D eigenvalue weighted by Crippen LogP contribution is 2.64. The van der Waals surface area contributed by atoms with Gasteiger partial charge in [0.2, 0.25) is 6.10 Å². The molecule has 0 spiro atoms. The van der Waals surface area contributed by atoms with E-state index in [0.717, 1.165) is 6.92 Å². The summed E-state index contributed by atoms with van der Waals surface area (Å²) in [6.07, 6.45) is -10.7. The second-order valence-electron chi connectivity index (χ2n) is 20.0. The van der Waals surface area contributed by atoms with E-state index in [4.69, 9.17) is 28.4 Å². The van der Waals surface area contributed by atoms with Gasteiger partial charge in [0.05, 0.1) is 35.5 Å². The Morgan fingerprint density at radius 2 is 1.55 bits per heavy atom. The van der Waals surface area contributed by atoms with Gasteiger partial charge >= 0.3 is 30.0 Å². The molecule has 7 rings (SSSR count). The molecule has 2 bridgehead atoms. The minimum absolute atomic E-state index is 0.0712. The summed E-state index contributed by atoms with van der Waals surface area (Å²) in [4.78, 5) is 85.0. The Morgan fingerprint density at radius 1 is 0.924 bits per heavy atom. The van der Waals surface area contributed by atoms with E-state index in [9.17, 15) is 34.5 Å². The highest BCUT2D eigenvalue weighted by molar-refractivity contribution is 5.94. The first-order valence-electron chi connectivity index (χ1n) is 22.5. The number of alkyl carbamates (subject to hydrolysis) is 1. The van der Waals surface area contributed by atoms with Gasteiger partial charge in [0, 0.05) is 25.2 Å². The summed E-state index contributed by atoms with van der Waals surface area (Å²) in [5.41, 5.74) is -8.33.